The lowest BCUT2D eigenvalue weighted by atomic mass is 10.1. The molecule has 0 bridgehead atoms. The molecule has 64 heavy (non-hydrogen) atoms. The van der Waals surface area contributed by atoms with E-state index in [1.165, 1.54) is 10.8 Å². The molecule has 1 N–H and O–H groups in total. The van der Waals surface area contributed by atoms with Crippen LogP contribution in [0.4, 0.5) is 0 Å². The molecule has 0 saturated heterocycles. The van der Waals surface area contributed by atoms with Crippen molar-refractivity contribution < 1.29 is 52.5 Å². The maximum absolute atomic E-state index is 14.2. The third-order valence-electron chi connectivity index (χ3n) is 8.04. The van der Waals surface area contributed by atoms with E-state index < -0.39 is 63.9 Å². The Morgan fingerprint density at radius 1 is 0.594 bits per heavy atom. The fraction of sp³-hybridized carbons (Fsp3) is 0.761. The number of pyridine rings is 1. The van der Waals surface area contributed by atoms with Gasteiger partial charge in [0.1, 0.15) is 39.1 Å². The molecule has 18 heteroatoms. The van der Waals surface area contributed by atoms with E-state index in [2.05, 4.69) is 10.3 Å². The van der Waals surface area contributed by atoms with Gasteiger partial charge >= 0.3 is 29.8 Å². The van der Waals surface area contributed by atoms with Crippen molar-refractivity contribution in [3.05, 3.63) is 24.4 Å². The minimum absolute atomic E-state index is 0.0791. The first-order chi connectivity index (χ1) is 29.3. The summed E-state index contributed by atoms with van der Waals surface area (Å²) in [6.45, 7) is 26.5. The Morgan fingerprint density at radius 2 is 1.02 bits per heavy atom. The molecule has 0 radical (unpaired) electrons. The molecule has 0 aromatic carbocycles. The summed E-state index contributed by atoms with van der Waals surface area (Å²) in [6, 6.07) is 4.85. The molecule has 16 nitrogen and oxygen atoms in total. The zero-order valence-corrected chi connectivity index (χ0v) is 43.0. The van der Waals surface area contributed by atoms with Crippen LogP contribution in [0.3, 0.4) is 0 Å². The van der Waals surface area contributed by atoms with E-state index in [1.807, 2.05) is 23.1 Å². The van der Waals surface area contributed by atoms with E-state index in [-0.39, 0.29) is 58.3 Å². The Morgan fingerprint density at radius 3 is 1.39 bits per heavy atom. The largest absolute Gasteiger partial charge is 0.459 e. The molecule has 0 fully saturated rings. The molecule has 1 aromatic rings. The van der Waals surface area contributed by atoms with Gasteiger partial charge in [-0.05, 0) is 146 Å². The van der Waals surface area contributed by atoms with Crippen molar-refractivity contribution in [1.29, 1.82) is 0 Å². The third-order valence-corrected chi connectivity index (χ3v) is 10.3. The molecule has 0 spiro atoms. The standard InChI is InChI=1S/C46H79N5O11S2/c1-42(2,3)58-37(53)30-49(31-38(54)59-43(4,5)6)25-27-51(28-26-50(32-39(55)60-44(7,8)9)33-40(56)61-45(10,11)12)34(41(57)62-46(13,14)15)20-16-18-23-47-35(52)22-29-63-64-36-21-17-19-24-48-36/h17,19,21,24,34H,16,18,20,22-23,25-33H2,1-15H3,(H,47,52)/t34-/m0/s1. The Labute approximate surface area is 391 Å². The first-order valence-electron chi connectivity index (χ1n) is 22.1. The molecular formula is C46H79N5O11S2. The molecule has 0 aliphatic rings. The number of carbonyl (C=O) groups is 6. The lowest BCUT2D eigenvalue weighted by molar-refractivity contribution is -0.164. The minimum Gasteiger partial charge on any atom is -0.459 e. The number of unbranched alkanes of at least 4 members (excludes halogenated alkanes) is 1. The van der Waals surface area contributed by atoms with Crippen LogP contribution in [0.25, 0.3) is 0 Å². The smallest absolute Gasteiger partial charge is 0.323 e. The predicted molar refractivity (Wildman–Crippen MR) is 251 cm³/mol. The Bertz CT molecular complexity index is 1490. The molecule has 1 aromatic heterocycles. The molecule has 366 valence electrons. The first kappa shape index (κ1) is 58.6. The highest BCUT2D eigenvalue weighted by molar-refractivity contribution is 8.76. The second-order valence-corrected chi connectivity index (χ2v) is 23.0. The van der Waals surface area contributed by atoms with Crippen molar-refractivity contribution >= 4 is 57.3 Å². The average Bonchev–Trinajstić information content (AvgIpc) is 3.08. The number of esters is 5. The summed E-state index contributed by atoms with van der Waals surface area (Å²) < 4.78 is 28.4. The molecule has 1 rings (SSSR count). The summed E-state index contributed by atoms with van der Waals surface area (Å²) >= 11 is 0. The molecule has 0 unspecified atom stereocenters. The maximum atomic E-state index is 14.2. The van der Waals surface area contributed by atoms with Gasteiger partial charge in [0.05, 0.1) is 26.2 Å². The van der Waals surface area contributed by atoms with Crippen LogP contribution in [-0.4, -0.2) is 154 Å². The van der Waals surface area contributed by atoms with Crippen LogP contribution in [0.15, 0.2) is 29.4 Å². The SMILES string of the molecule is CC(C)(C)OC(=O)CN(CCN(CCN(CC(=O)OC(C)(C)C)CC(=O)OC(C)(C)C)[C@@H](CCCCNC(=O)CCSSc1ccccn1)C(=O)OC(C)(C)C)CC(=O)OC(C)(C)C. The van der Waals surface area contributed by atoms with Crippen molar-refractivity contribution in [3.63, 3.8) is 0 Å². The quantitative estimate of drug-likeness (QED) is 0.0460. The summed E-state index contributed by atoms with van der Waals surface area (Å²) in [5, 5.41) is 3.85. The van der Waals surface area contributed by atoms with Crippen LogP contribution in [0.2, 0.25) is 0 Å². The Balaban J connectivity index is 3.45. The van der Waals surface area contributed by atoms with E-state index in [4.69, 9.17) is 23.7 Å². The van der Waals surface area contributed by atoms with Crippen molar-refractivity contribution in [3.8, 4) is 0 Å². The second kappa shape index (κ2) is 27.3. The van der Waals surface area contributed by atoms with Crippen LogP contribution in [-0.2, 0) is 52.5 Å². The number of hydrogen-bond donors (Lipinski definition) is 1. The van der Waals surface area contributed by atoms with Gasteiger partial charge in [-0.3, -0.25) is 43.5 Å². The average molecular weight is 942 g/mol. The van der Waals surface area contributed by atoms with Crippen molar-refractivity contribution in [2.75, 3.05) is 64.7 Å². The zero-order valence-electron chi connectivity index (χ0n) is 41.4. The number of amides is 1. The van der Waals surface area contributed by atoms with Gasteiger partial charge in [0.25, 0.3) is 0 Å². The van der Waals surface area contributed by atoms with Crippen molar-refractivity contribution in [1.82, 2.24) is 25.0 Å². The van der Waals surface area contributed by atoms with Gasteiger partial charge < -0.3 is 29.0 Å². The van der Waals surface area contributed by atoms with Crippen LogP contribution in [0.5, 0.6) is 0 Å². The van der Waals surface area contributed by atoms with Gasteiger partial charge in [0.15, 0.2) is 0 Å². The summed E-state index contributed by atoms with van der Waals surface area (Å²) in [4.78, 5) is 88.8. The molecule has 1 atom stereocenters. The predicted octanol–water partition coefficient (Wildman–Crippen LogP) is 6.48. The lowest BCUT2D eigenvalue weighted by Gasteiger charge is -2.35. The van der Waals surface area contributed by atoms with Crippen LogP contribution in [0, 0.1) is 0 Å². The topological polar surface area (TPSA) is 183 Å². The summed E-state index contributed by atoms with van der Waals surface area (Å²) in [5.74, 6) is -2.13. The van der Waals surface area contributed by atoms with E-state index in [0.717, 1.165) is 5.03 Å². The highest BCUT2D eigenvalue weighted by Gasteiger charge is 2.33. The molecule has 0 aliphatic heterocycles. The first-order valence-corrected chi connectivity index (χ1v) is 24.4. The molecule has 0 saturated carbocycles. The Kier molecular flexibility index (Phi) is 24.9. The fourth-order valence-electron chi connectivity index (χ4n) is 5.85. The van der Waals surface area contributed by atoms with Crippen LogP contribution < -0.4 is 5.32 Å². The van der Waals surface area contributed by atoms with E-state index in [9.17, 15) is 28.8 Å². The number of hydrogen-bond acceptors (Lipinski definition) is 17. The summed E-state index contributed by atoms with van der Waals surface area (Å²) in [7, 11) is 3.07. The van der Waals surface area contributed by atoms with Gasteiger partial charge in [-0.1, -0.05) is 16.9 Å². The van der Waals surface area contributed by atoms with Gasteiger partial charge in [-0.15, -0.1) is 0 Å². The molecular weight excluding hydrogens is 863 g/mol. The van der Waals surface area contributed by atoms with E-state index >= 15 is 0 Å². The fourth-order valence-corrected chi connectivity index (χ4v) is 7.72. The molecule has 0 aliphatic carbocycles. The highest BCUT2D eigenvalue weighted by Crippen LogP contribution is 2.29. The molecule has 1 heterocycles. The normalized spacial score (nSPS) is 13.1. The highest BCUT2D eigenvalue weighted by atomic mass is 33.1. The number of nitrogens with one attached hydrogen (secondary N) is 1. The van der Waals surface area contributed by atoms with E-state index in [0.29, 0.717) is 38.0 Å². The monoisotopic (exact) mass is 942 g/mol. The number of aromatic nitrogens is 1. The second-order valence-electron chi connectivity index (χ2n) is 20.5. The third kappa shape index (κ3) is 31.4. The molecule has 1 amide bonds. The number of rotatable bonds is 26. The van der Waals surface area contributed by atoms with Gasteiger partial charge in [-0.2, -0.15) is 0 Å². The van der Waals surface area contributed by atoms with Gasteiger partial charge in [0, 0.05) is 51.1 Å². The zero-order chi connectivity index (χ0) is 48.9. The van der Waals surface area contributed by atoms with Gasteiger partial charge in [-0.25, -0.2) is 4.98 Å². The van der Waals surface area contributed by atoms with Crippen LogP contribution >= 0.6 is 21.6 Å². The van der Waals surface area contributed by atoms with Crippen molar-refractivity contribution in [2.45, 2.75) is 169 Å². The van der Waals surface area contributed by atoms with Gasteiger partial charge in [0.2, 0.25) is 5.91 Å². The van der Waals surface area contributed by atoms with E-state index in [1.54, 1.807) is 131 Å². The number of nitrogens with zero attached hydrogens (tertiary/aromatic N) is 4. The number of ether oxygens (including phenoxy) is 5. The number of carbonyl (C=O) groups excluding carboxylic acids is 6. The Hall–Kier alpha value is -3.45. The maximum Gasteiger partial charge on any atom is 0.323 e. The van der Waals surface area contributed by atoms with Crippen molar-refractivity contribution in [2.24, 2.45) is 0 Å². The minimum atomic E-state index is -0.833. The summed E-state index contributed by atoms with van der Waals surface area (Å²) in [6.07, 6.45) is 3.50. The lowest BCUT2D eigenvalue weighted by Crippen LogP contribution is -2.51. The summed E-state index contributed by atoms with van der Waals surface area (Å²) in [5.41, 5.74) is -3.92. The van der Waals surface area contributed by atoms with Crippen LogP contribution in [0.1, 0.15) is 130 Å².